The summed E-state index contributed by atoms with van der Waals surface area (Å²) in [6.45, 7) is 5.21. The summed E-state index contributed by atoms with van der Waals surface area (Å²) < 4.78 is 16.3. The summed E-state index contributed by atoms with van der Waals surface area (Å²) in [5.74, 6) is 2.47. The molecular formula is C17H25NO3. The zero-order valence-corrected chi connectivity index (χ0v) is 13.1. The predicted octanol–water partition coefficient (Wildman–Crippen LogP) is 2.49. The Hall–Kier alpha value is -1.26. The van der Waals surface area contributed by atoms with E-state index in [1.165, 1.54) is 30.5 Å². The maximum absolute atomic E-state index is 5.45. The minimum Gasteiger partial charge on any atom is -0.493 e. The van der Waals surface area contributed by atoms with Gasteiger partial charge in [-0.3, -0.25) is 4.90 Å². The molecule has 0 aliphatic carbocycles. The van der Waals surface area contributed by atoms with Crippen molar-refractivity contribution in [2.24, 2.45) is 5.92 Å². The third-order valence-electron chi connectivity index (χ3n) is 4.65. The van der Waals surface area contributed by atoms with Crippen LogP contribution in [0.15, 0.2) is 12.1 Å². The second-order valence-corrected chi connectivity index (χ2v) is 6.02. The lowest BCUT2D eigenvalue weighted by Crippen LogP contribution is -2.36. The summed E-state index contributed by atoms with van der Waals surface area (Å²) in [4.78, 5) is 2.57. The Bertz CT molecular complexity index is 483. The van der Waals surface area contributed by atoms with E-state index in [1.807, 2.05) is 0 Å². The molecule has 0 radical (unpaired) electrons. The Morgan fingerprint density at radius 1 is 1.10 bits per heavy atom. The van der Waals surface area contributed by atoms with Gasteiger partial charge in [-0.1, -0.05) is 0 Å². The molecule has 0 spiro atoms. The Morgan fingerprint density at radius 2 is 1.76 bits per heavy atom. The van der Waals surface area contributed by atoms with Crippen molar-refractivity contribution in [1.82, 2.24) is 4.90 Å². The number of hydrogen-bond acceptors (Lipinski definition) is 4. The maximum atomic E-state index is 5.45. The van der Waals surface area contributed by atoms with Gasteiger partial charge in [-0.25, -0.2) is 0 Å². The van der Waals surface area contributed by atoms with Crippen LogP contribution in [0.5, 0.6) is 11.5 Å². The number of benzene rings is 1. The van der Waals surface area contributed by atoms with Crippen molar-refractivity contribution in [2.45, 2.75) is 25.8 Å². The highest BCUT2D eigenvalue weighted by atomic mass is 16.5. The summed E-state index contributed by atoms with van der Waals surface area (Å²) in [6.07, 6.45) is 3.50. The molecule has 1 aromatic carbocycles. The lowest BCUT2D eigenvalue weighted by atomic mass is 9.95. The van der Waals surface area contributed by atoms with Crippen molar-refractivity contribution in [1.29, 1.82) is 0 Å². The quantitative estimate of drug-likeness (QED) is 0.853. The van der Waals surface area contributed by atoms with Gasteiger partial charge in [0.15, 0.2) is 11.5 Å². The third-order valence-corrected chi connectivity index (χ3v) is 4.65. The molecule has 116 valence electrons. The van der Waals surface area contributed by atoms with Gasteiger partial charge < -0.3 is 14.2 Å². The molecular weight excluding hydrogens is 266 g/mol. The van der Waals surface area contributed by atoms with E-state index in [0.717, 1.165) is 50.1 Å². The number of hydrogen-bond donors (Lipinski definition) is 0. The Kier molecular flexibility index (Phi) is 4.66. The fourth-order valence-electron chi connectivity index (χ4n) is 3.39. The molecule has 0 saturated carbocycles. The average molecular weight is 291 g/mol. The van der Waals surface area contributed by atoms with Gasteiger partial charge in [-0.15, -0.1) is 0 Å². The first kappa shape index (κ1) is 14.7. The highest BCUT2D eigenvalue weighted by molar-refractivity contribution is 5.48. The molecule has 1 fully saturated rings. The molecule has 2 heterocycles. The van der Waals surface area contributed by atoms with E-state index in [2.05, 4.69) is 17.0 Å². The van der Waals surface area contributed by atoms with Crippen molar-refractivity contribution in [3.05, 3.63) is 23.3 Å². The van der Waals surface area contributed by atoms with Gasteiger partial charge in [-0.05, 0) is 48.4 Å². The molecule has 0 amide bonds. The average Bonchev–Trinajstić information content (AvgIpc) is 2.54. The molecule has 0 aromatic heterocycles. The maximum Gasteiger partial charge on any atom is 0.161 e. The molecule has 0 unspecified atom stereocenters. The highest BCUT2D eigenvalue weighted by Crippen LogP contribution is 2.33. The first-order valence-corrected chi connectivity index (χ1v) is 7.84. The molecule has 1 aromatic rings. The third kappa shape index (κ3) is 3.33. The Labute approximate surface area is 127 Å². The number of rotatable bonds is 4. The lowest BCUT2D eigenvalue weighted by Gasteiger charge is -2.33. The molecule has 1 saturated heterocycles. The number of nitrogens with zero attached hydrogens (tertiary/aromatic N) is 1. The molecule has 0 bridgehead atoms. The van der Waals surface area contributed by atoms with E-state index in [4.69, 9.17) is 14.2 Å². The van der Waals surface area contributed by atoms with Gasteiger partial charge >= 0.3 is 0 Å². The smallest absolute Gasteiger partial charge is 0.161 e. The van der Waals surface area contributed by atoms with E-state index in [0.29, 0.717) is 0 Å². The summed E-state index contributed by atoms with van der Waals surface area (Å²) >= 11 is 0. The fourth-order valence-corrected chi connectivity index (χ4v) is 3.39. The SMILES string of the molecule is COc1cc2c(cc1OC)CN(CC1CCOCC1)CC2. The molecule has 2 aliphatic rings. The van der Waals surface area contributed by atoms with Crippen molar-refractivity contribution in [3.63, 3.8) is 0 Å². The second kappa shape index (κ2) is 6.67. The summed E-state index contributed by atoms with van der Waals surface area (Å²) in [6, 6.07) is 4.28. The predicted molar refractivity (Wildman–Crippen MR) is 82.1 cm³/mol. The second-order valence-electron chi connectivity index (χ2n) is 6.02. The molecule has 4 nitrogen and oxygen atoms in total. The van der Waals surface area contributed by atoms with Gasteiger partial charge in [0.05, 0.1) is 14.2 Å². The summed E-state index contributed by atoms with van der Waals surface area (Å²) in [5.41, 5.74) is 2.78. The van der Waals surface area contributed by atoms with E-state index in [9.17, 15) is 0 Å². The van der Waals surface area contributed by atoms with Crippen LogP contribution in [0.4, 0.5) is 0 Å². The van der Waals surface area contributed by atoms with Crippen LogP contribution >= 0.6 is 0 Å². The van der Waals surface area contributed by atoms with Gasteiger partial charge in [-0.2, -0.15) is 0 Å². The topological polar surface area (TPSA) is 30.9 Å². The van der Waals surface area contributed by atoms with Crippen molar-refractivity contribution >= 4 is 0 Å². The lowest BCUT2D eigenvalue weighted by molar-refractivity contribution is 0.0506. The molecule has 21 heavy (non-hydrogen) atoms. The van der Waals surface area contributed by atoms with Crippen LogP contribution in [0.3, 0.4) is 0 Å². The standard InChI is InChI=1S/C17H25NO3/c1-19-16-9-14-3-6-18(11-13-4-7-21-8-5-13)12-15(14)10-17(16)20-2/h9-10,13H,3-8,11-12H2,1-2H3. The van der Waals surface area contributed by atoms with Gasteiger partial charge in [0.2, 0.25) is 0 Å². The van der Waals surface area contributed by atoms with Gasteiger partial charge in [0.25, 0.3) is 0 Å². The van der Waals surface area contributed by atoms with E-state index in [1.54, 1.807) is 14.2 Å². The first-order valence-electron chi connectivity index (χ1n) is 7.84. The van der Waals surface area contributed by atoms with Crippen LogP contribution in [0.25, 0.3) is 0 Å². The van der Waals surface area contributed by atoms with Gasteiger partial charge in [0.1, 0.15) is 0 Å². The molecule has 4 heteroatoms. The van der Waals surface area contributed by atoms with Crippen LogP contribution in [-0.2, 0) is 17.7 Å². The molecule has 3 rings (SSSR count). The minimum atomic E-state index is 0.792. The fraction of sp³-hybridized carbons (Fsp3) is 0.647. The minimum absolute atomic E-state index is 0.792. The van der Waals surface area contributed by atoms with Crippen LogP contribution in [0.1, 0.15) is 24.0 Å². The monoisotopic (exact) mass is 291 g/mol. The molecule has 0 atom stereocenters. The van der Waals surface area contributed by atoms with Crippen LogP contribution in [0.2, 0.25) is 0 Å². The number of methoxy groups -OCH3 is 2. The normalized spacial score (nSPS) is 20.1. The zero-order chi connectivity index (χ0) is 14.7. The van der Waals surface area contributed by atoms with Crippen LogP contribution in [-0.4, -0.2) is 45.4 Å². The largest absolute Gasteiger partial charge is 0.493 e. The van der Waals surface area contributed by atoms with Crippen LogP contribution < -0.4 is 9.47 Å². The summed E-state index contributed by atoms with van der Waals surface area (Å²) in [5, 5.41) is 0. The number of ether oxygens (including phenoxy) is 3. The summed E-state index contributed by atoms with van der Waals surface area (Å²) in [7, 11) is 3.40. The van der Waals surface area contributed by atoms with E-state index < -0.39 is 0 Å². The first-order chi connectivity index (χ1) is 10.3. The Morgan fingerprint density at radius 3 is 2.43 bits per heavy atom. The van der Waals surface area contributed by atoms with E-state index in [-0.39, 0.29) is 0 Å². The van der Waals surface area contributed by atoms with Crippen molar-refractivity contribution < 1.29 is 14.2 Å². The van der Waals surface area contributed by atoms with E-state index >= 15 is 0 Å². The van der Waals surface area contributed by atoms with Crippen molar-refractivity contribution in [2.75, 3.05) is 40.5 Å². The number of fused-ring (bicyclic) bond motifs is 1. The van der Waals surface area contributed by atoms with Gasteiger partial charge in [0, 0.05) is 32.8 Å². The molecule has 2 aliphatic heterocycles. The Balaban J connectivity index is 1.69. The molecule has 0 N–H and O–H groups in total. The highest BCUT2D eigenvalue weighted by Gasteiger charge is 2.23. The van der Waals surface area contributed by atoms with Crippen LogP contribution in [0, 0.1) is 5.92 Å². The van der Waals surface area contributed by atoms with Crippen molar-refractivity contribution in [3.8, 4) is 11.5 Å². The zero-order valence-electron chi connectivity index (χ0n) is 13.1.